The minimum Gasteiger partial charge on any atom is -0.497 e. The zero-order valence-corrected chi connectivity index (χ0v) is 17.1. The summed E-state index contributed by atoms with van der Waals surface area (Å²) < 4.78 is 6.72. The van der Waals surface area contributed by atoms with Crippen LogP contribution in [0.15, 0.2) is 59.7 Å². The van der Waals surface area contributed by atoms with Gasteiger partial charge >= 0.3 is 0 Å². The van der Waals surface area contributed by atoms with Gasteiger partial charge in [-0.3, -0.25) is 19.1 Å². The van der Waals surface area contributed by atoms with E-state index in [9.17, 15) is 9.59 Å². The average Bonchev–Trinajstić information content (AvgIpc) is 3.31. The third-order valence-electron chi connectivity index (χ3n) is 5.60. The number of hydrogen-bond acceptors (Lipinski definition) is 5. The molecule has 1 fully saturated rings. The minimum absolute atomic E-state index is 0.0541. The van der Waals surface area contributed by atoms with Crippen LogP contribution in [-0.2, 0) is 11.3 Å². The Kier molecular flexibility index (Phi) is 6.09. The minimum atomic E-state index is -0.209. The van der Waals surface area contributed by atoms with Crippen LogP contribution in [-0.4, -0.2) is 47.1 Å². The van der Waals surface area contributed by atoms with E-state index in [0.717, 1.165) is 37.2 Å². The molecule has 0 radical (unpaired) electrons. The highest BCUT2D eigenvalue weighted by atomic mass is 16.5. The molecule has 3 aromatic rings. The number of carbonyl (C=O) groups excluding carboxylic acids is 1. The summed E-state index contributed by atoms with van der Waals surface area (Å²) in [4.78, 5) is 31.9. The highest BCUT2D eigenvalue weighted by molar-refractivity contribution is 5.78. The van der Waals surface area contributed by atoms with E-state index >= 15 is 0 Å². The number of aromatic nitrogens is 2. The zero-order chi connectivity index (χ0) is 20.9. The number of nitrogens with zero attached hydrogens (tertiary/aromatic N) is 3. The molecular formula is C23H26N4O3. The molecule has 0 aliphatic carbocycles. The highest BCUT2D eigenvalue weighted by Crippen LogP contribution is 2.27. The van der Waals surface area contributed by atoms with Crippen molar-refractivity contribution in [2.24, 2.45) is 0 Å². The molecule has 1 atom stereocenters. The average molecular weight is 406 g/mol. The van der Waals surface area contributed by atoms with E-state index in [1.165, 1.54) is 10.9 Å². The van der Waals surface area contributed by atoms with Gasteiger partial charge in [-0.25, -0.2) is 4.98 Å². The molecule has 1 aliphatic rings. The fourth-order valence-corrected chi connectivity index (χ4v) is 4.00. The summed E-state index contributed by atoms with van der Waals surface area (Å²) in [5.74, 6) is 0.595. The molecule has 1 amide bonds. The van der Waals surface area contributed by atoms with Gasteiger partial charge in [0.2, 0.25) is 5.91 Å². The van der Waals surface area contributed by atoms with Crippen LogP contribution in [0, 0.1) is 0 Å². The van der Waals surface area contributed by atoms with Gasteiger partial charge in [0.05, 0.1) is 30.4 Å². The molecule has 156 valence electrons. The maximum absolute atomic E-state index is 12.6. The Hall–Kier alpha value is -3.19. The molecule has 7 heteroatoms. The number of fused-ring (bicyclic) bond motifs is 1. The first kappa shape index (κ1) is 20.1. The molecule has 0 bridgehead atoms. The first-order valence-electron chi connectivity index (χ1n) is 10.2. The zero-order valence-electron chi connectivity index (χ0n) is 17.1. The van der Waals surface area contributed by atoms with Crippen molar-refractivity contribution < 1.29 is 9.53 Å². The molecule has 1 aliphatic heterocycles. The summed E-state index contributed by atoms with van der Waals surface area (Å²) in [7, 11) is 1.65. The first-order valence-corrected chi connectivity index (χ1v) is 10.2. The standard InChI is InChI=1S/C23H26N4O3/c1-30-18-8-6-7-17(13-18)21(26-11-4-5-12-26)14-24-22(28)15-27-16-25-20-10-3-2-9-19(20)23(27)29/h2-3,6-10,13,16,21H,4-5,11-12,14-15H2,1H3,(H,24,28)/t21-/m1/s1. The Balaban J connectivity index is 1.47. The fraction of sp³-hybridized carbons (Fsp3) is 0.348. The van der Waals surface area contributed by atoms with Crippen LogP contribution in [0.4, 0.5) is 0 Å². The van der Waals surface area contributed by atoms with Crippen molar-refractivity contribution in [2.45, 2.75) is 25.4 Å². The summed E-state index contributed by atoms with van der Waals surface area (Å²) in [6.07, 6.45) is 3.75. The van der Waals surface area contributed by atoms with E-state index in [1.54, 1.807) is 25.3 Å². The molecule has 1 saturated heterocycles. The summed E-state index contributed by atoms with van der Waals surface area (Å²) in [5, 5.41) is 3.52. The normalized spacial score (nSPS) is 15.2. The van der Waals surface area contributed by atoms with E-state index in [-0.39, 0.29) is 24.1 Å². The third-order valence-corrected chi connectivity index (χ3v) is 5.60. The molecule has 30 heavy (non-hydrogen) atoms. The van der Waals surface area contributed by atoms with Crippen LogP contribution in [0.1, 0.15) is 24.4 Å². The lowest BCUT2D eigenvalue weighted by Crippen LogP contribution is -2.39. The third kappa shape index (κ3) is 4.36. The number of methoxy groups -OCH3 is 1. The molecule has 4 rings (SSSR count). The summed E-state index contributed by atoms with van der Waals surface area (Å²) in [5.41, 5.74) is 1.53. The predicted molar refractivity (Wildman–Crippen MR) is 116 cm³/mol. The van der Waals surface area contributed by atoms with Gasteiger partial charge in [-0.05, 0) is 55.8 Å². The number of para-hydroxylation sites is 1. The summed E-state index contributed by atoms with van der Waals surface area (Å²) in [6, 6.07) is 15.2. The van der Waals surface area contributed by atoms with Gasteiger partial charge in [0, 0.05) is 6.54 Å². The maximum Gasteiger partial charge on any atom is 0.261 e. The quantitative estimate of drug-likeness (QED) is 0.652. The smallest absolute Gasteiger partial charge is 0.261 e. The van der Waals surface area contributed by atoms with E-state index < -0.39 is 0 Å². The number of rotatable bonds is 7. The number of likely N-dealkylation sites (tertiary alicyclic amines) is 1. The van der Waals surface area contributed by atoms with E-state index in [0.29, 0.717) is 17.4 Å². The summed E-state index contributed by atoms with van der Waals surface area (Å²) >= 11 is 0. The second-order valence-electron chi connectivity index (χ2n) is 7.53. The molecule has 1 N–H and O–H groups in total. The number of carbonyl (C=O) groups is 1. The molecule has 7 nitrogen and oxygen atoms in total. The van der Waals surface area contributed by atoms with Crippen molar-refractivity contribution in [3.63, 3.8) is 0 Å². The van der Waals surface area contributed by atoms with Crippen LogP contribution in [0.25, 0.3) is 10.9 Å². The number of amides is 1. The van der Waals surface area contributed by atoms with Crippen molar-refractivity contribution in [2.75, 3.05) is 26.7 Å². The number of ether oxygens (including phenoxy) is 1. The van der Waals surface area contributed by atoms with E-state index in [1.807, 2.05) is 24.3 Å². The molecule has 0 spiro atoms. The van der Waals surface area contributed by atoms with Gasteiger partial charge in [-0.15, -0.1) is 0 Å². The van der Waals surface area contributed by atoms with Crippen molar-refractivity contribution in [1.82, 2.24) is 19.8 Å². The van der Waals surface area contributed by atoms with Gasteiger partial charge in [-0.2, -0.15) is 0 Å². The second-order valence-corrected chi connectivity index (χ2v) is 7.53. The molecular weight excluding hydrogens is 380 g/mol. The van der Waals surface area contributed by atoms with Crippen molar-refractivity contribution in [1.29, 1.82) is 0 Å². The van der Waals surface area contributed by atoms with E-state index in [2.05, 4.69) is 21.3 Å². The van der Waals surface area contributed by atoms with Crippen molar-refractivity contribution in [3.8, 4) is 5.75 Å². The summed E-state index contributed by atoms with van der Waals surface area (Å²) in [6.45, 7) is 2.43. The Bertz CT molecular complexity index is 1090. The van der Waals surface area contributed by atoms with Gasteiger partial charge in [0.1, 0.15) is 12.3 Å². The highest BCUT2D eigenvalue weighted by Gasteiger charge is 2.24. The van der Waals surface area contributed by atoms with Gasteiger partial charge in [-0.1, -0.05) is 24.3 Å². The lowest BCUT2D eigenvalue weighted by molar-refractivity contribution is -0.122. The maximum atomic E-state index is 12.6. The molecule has 0 saturated carbocycles. The van der Waals surface area contributed by atoms with Crippen molar-refractivity contribution >= 4 is 16.8 Å². The number of benzene rings is 2. The molecule has 2 heterocycles. The Morgan fingerprint density at radius 1 is 1.17 bits per heavy atom. The van der Waals surface area contributed by atoms with Crippen LogP contribution in [0.2, 0.25) is 0 Å². The van der Waals surface area contributed by atoms with E-state index in [4.69, 9.17) is 4.74 Å². The van der Waals surface area contributed by atoms with Crippen LogP contribution in [0.5, 0.6) is 5.75 Å². The predicted octanol–water partition coefficient (Wildman–Crippen LogP) is 2.36. The van der Waals surface area contributed by atoms with Crippen LogP contribution >= 0.6 is 0 Å². The Labute approximate surface area is 175 Å². The topological polar surface area (TPSA) is 76.5 Å². The van der Waals surface area contributed by atoms with Gasteiger partial charge in [0.25, 0.3) is 5.56 Å². The lowest BCUT2D eigenvalue weighted by Gasteiger charge is -2.28. The first-order chi connectivity index (χ1) is 14.7. The van der Waals surface area contributed by atoms with Crippen LogP contribution in [0.3, 0.4) is 0 Å². The largest absolute Gasteiger partial charge is 0.497 e. The van der Waals surface area contributed by atoms with Gasteiger partial charge < -0.3 is 10.1 Å². The van der Waals surface area contributed by atoms with Gasteiger partial charge in [0.15, 0.2) is 0 Å². The number of hydrogen-bond donors (Lipinski definition) is 1. The molecule has 1 aromatic heterocycles. The second kappa shape index (κ2) is 9.09. The molecule has 2 aromatic carbocycles. The Morgan fingerprint density at radius 3 is 2.77 bits per heavy atom. The lowest BCUT2D eigenvalue weighted by atomic mass is 10.0. The fourth-order valence-electron chi connectivity index (χ4n) is 4.00. The number of nitrogens with one attached hydrogen (secondary N) is 1. The molecule has 0 unspecified atom stereocenters. The SMILES string of the molecule is COc1cccc([C@@H](CNC(=O)Cn2cnc3ccccc3c2=O)N2CCCC2)c1. The Morgan fingerprint density at radius 2 is 1.97 bits per heavy atom. The van der Waals surface area contributed by atoms with Crippen LogP contribution < -0.4 is 15.6 Å². The monoisotopic (exact) mass is 406 g/mol. The van der Waals surface area contributed by atoms with Crippen molar-refractivity contribution in [3.05, 3.63) is 70.8 Å².